The predicted molar refractivity (Wildman–Crippen MR) is 99.0 cm³/mol. The maximum Gasteiger partial charge on any atom is 0.290 e. The largest absolute Gasteiger partial charge is 0.462 e. The summed E-state index contributed by atoms with van der Waals surface area (Å²) in [6.07, 6.45) is 1.52. The van der Waals surface area contributed by atoms with E-state index in [1.54, 1.807) is 45.9 Å². The Hall–Kier alpha value is -2.06. The lowest BCUT2D eigenvalue weighted by molar-refractivity contribution is 0.224. The Bertz CT molecular complexity index is 847. The Labute approximate surface area is 152 Å². The van der Waals surface area contributed by atoms with Crippen molar-refractivity contribution in [2.24, 2.45) is 15.7 Å². The molecule has 0 radical (unpaired) electrons. The smallest absolute Gasteiger partial charge is 0.290 e. The van der Waals surface area contributed by atoms with Gasteiger partial charge in [0.1, 0.15) is 4.90 Å². The summed E-state index contributed by atoms with van der Waals surface area (Å²) in [5, 5.41) is 0.121. The van der Waals surface area contributed by atoms with Crippen molar-refractivity contribution in [2.75, 3.05) is 0 Å². The highest BCUT2D eigenvalue weighted by Crippen LogP contribution is 2.28. The molecule has 9 heteroatoms. The van der Waals surface area contributed by atoms with E-state index in [1.165, 1.54) is 12.1 Å². The van der Waals surface area contributed by atoms with E-state index in [4.69, 9.17) is 22.1 Å². The number of allylic oxidation sites excluding steroid dienone is 1. The van der Waals surface area contributed by atoms with Crippen molar-refractivity contribution >= 4 is 33.6 Å². The average molecular weight is 385 g/mol. The molecule has 1 aromatic carbocycles. The highest BCUT2D eigenvalue weighted by molar-refractivity contribution is 7.89. The SMILES string of the molecule is CC1=CC(C)N(S(=O)(=O)c2ccccc2Cl)C(N=C(N)OC(C)C)=N1. The lowest BCUT2D eigenvalue weighted by Crippen LogP contribution is -2.44. The molecule has 7 nitrogen and oxygen atoms in total. The minimum absolute atomic E-state index is 0.0253. The molecule has 2 rings (SSSR count). The summed E-state index contributed by atoms with van der Waals surface area (Å²) in [5.74, 6) is -0.0643. The first-order valence-corrected chi connectivity index (χ1v) is 9.51. The molecule has 1 heterocycles. The van der Waals surface area contributed by atoms with Gasteiger partial charge >= 0.3 is 0 Å². The number of halogens is 1. The fourth-order valence-corrected chi connectivity index (χ4v) is 4.37. The Morgan fingerprint density at radius 2 is 2.04 bits per heavy atom. The number of ether oxygens (including phenoxy) is 1. The summed E-state index contributed by atoms with van der Waals surface area (Å²) in [6.45, 7) is 7.06. The number of nitrogens with two attached hydrogens (primary N) is 1. The third kappa shape index (κ3) is 4.32. The number of rotatable bonds is 3. The Morgan fingerprint density at radius 3 is 2.64 bits per heavy atom. The number of benzene rings is 1. The van der Waals surface area contributed by atoms with E-state index < -0.39 is 16.1 Å². The van der Waals surface area contributed by atoms with Crippen LogP contribution in [0.4, 0.5) is 0 Å². The number of guanidine groups is 1. The van der Waals surface area contributed by atoms with Gasteiger partial charge in [0.05, 0.1) is 17.2 Å². The van der Waals surface area contributed by atoms with Crippen LogP contribution in [0.25, 0.3) is 0 Å². The number of sulfonamides is 1. The van der Waals surface area contributed by atoms with Gasteiger partial charge in [0.25, 0.3) is 16.0 Å². The molecule has 0 aromatic heterocycles. The van der Waals surface area contributed by atoms with Gasteiger partial charge in [0.15, 0.2) is 0 Å². The molecule has 1 aliphatic heterocycles. The molecule has 2 N–H and O–H groups in total. The minimum atomic E-state index is -3.98. The molecule has 25 heavy (non-hydrogen) atoms. The average Bonchev–Trinajstić information content (AvgIpc) is 2.45. The lowest BCUT2D eigenvalue weighted by atomic mass is 10.2. The zero-order chi connectivity index (χ0) is 18.8. The van der Waals surface area contributed by atoms with Gasteiger partial charge < -0.3 is 10.5 Å². The number of aliphatic imine (C=N–C) groups is 2. The summed E-state index contributed by atoms with van der Waals surface area (Å²) in [4.78, 5) is 8.26. The van der Waals surface area contributed by atoms with Crippen molar-refractivity contribution in [3.63, 3.8) is 0 Å². The zero-order valence-electron chi connectivity index (χ0n) is 14.5. The highest BCUT2D eigenvalue weighted by atomic mass is 35.5. The van der Waals surface area contributed by atoms with Crippen LogP contribution in [0.2, 0.25) is 5.02 Å². The maximum atomic E-state index is 13.1. The standard InChI is InChI=1S/C16H21ClN4O3S/c1-10(2)24-15(18)20-16-19-11(3)9-12(4)21(16)25(22,23)14-8-6-5-7-13(14)17/h5-10,12H,1-4H3,(H2,18,19,20). The van der Waals surface area contributed by atoms with Gasteiger partial charge in [-0.25, -0.2) is 17.7 Å². The second-order valence-corrected chi connectivity index (χ2v) is 8.00. The molecule has 1 aliphatic rings. The van der Waals surface area contributed by atoms with Gasteiger partial charge in [-0.15, -0.1) is 0 Å². The summed E-state index contributed by atoms with van der Waals surface area (Å²) >= 11 is 6.08. The quantitative estimate of drug-likeness (QED) is 0.639. The van der Waals surface area contributed by atoms with Gasteiger partial charge in [0, 0.05) is 5.70 Å². The molecular formula is C16H21ClN4O3S. The molecule has 136 valence electrons. The van der Waals surface area contributed by atoms with E-state index in [-0.39, 0.29) is 28.0 Å². The van der Waals surface area contributed by atoms with E-state index in [0.29, 0.717) is 5.70 Å². The lowest BCUT2D eigenvalue weighted by Gasteiger charge is -2.30. The van der Waals surface area contributed by atoms with Crippen LogP contribution in [-0.4, -0.2) is 36.9 Å². The first-order chi connectivity index (χ1) is 11.6. The normalized spacial score (nSPS) is 18.9. The van der Waals surface area contributed by atoms with Gasteiger partial charge in [-0.2, -0.15) is 4.99 Å². The van der Waals surface area contributed by atoms with Crippen molar-refractivity contribution in [1.29, 1.82) is 0 Å². The van der Waals surface area contributed by atoms with Crippen molar-refractivity contribution in [3.8, 4) is 0 Å². The number of amidine groups is 1. The second-order valence-electron chi connectivity index (χ2n) is 5.81. The first kappa shape index (κ1) is 19.3. The van der Waals surface area contributed by atoms with Gasteiger partial charge in [-0.1, -0.05) is 23.7 Å². The number of hydrogen-bond acceptors (Lipinski definition) is 5. The van der Waals surface area contributed by atoms with E-state index in [2.05, 4.69) is 9.98 Å². The van der Waals surface area contributed by atoms with Crippen LogP contribution in [0, 0.1) is 0 Å². The molecule has 1 atom stereocenters. The van der Waals surface area contributed by atoms with E-state index >= 15 is 0 Å². The Morgan fingerprint density at radius 1 is 1.40 bits per heavy atom. The molecule has 0 aliphatic carbocycles. The molecular weight excluding hydrogens is 364 g/mol. The predicted octanol–water partition coefficient (Wildman–Crippen LogP) is 2.73. The fraction of sp³-hybridized carbons (Fsp3) is 0.375. The van der Waals surface area contributed by atoms with E-state index in [9.17, 15) is 8.42 Å². The van der Waals surface area contributed by atoms with Crippen LogP contribution < -0.4 is 5.73 Å². The molecule has 1 unspecified atom stereocenters. The number of hydrogen-bond donors (Lipinski definition) is 1. The topological polar surface area (TPSA) is 97.4 Å². The number of nitrogens with zero attached hydrogens (tertiary/aromatic N) is 3. The van der Waals surface area contributed by atoms with E-state index in [1.807, 2.05) is 0 Å². The second kappa shape index (κ2) is 7.45. The highest BCUT2D eigenvalue weighted by Gasteiger charge is 2.35. The molecule has 0 bridgehead atoms. The first-order valence-electron chi connectivity index (χ1n) is 7.70. The van der Waals surface area contributed by atoms with Gasteiger partial charge in [0.2, 0.25) is 5.96 Å². The fourth-order valence-electron chi connectivity index (χ4n) is 2.37. The van der Waals surface area contributed by atoms with Crippen LogP contribution in [0.15, 0.2) is 50.9 Å². The van der Waals surface area contributed by atoms with E-state index in [0.717, 1.165) is 4.31 Å². The summed E-state index contributed by atoms with van der Waals surface area (Å²) in [5.41, 5.74) is 6.38. The van der Waals surface area contributed by atoms with Crippen molar-refractivity contribution in [1.82, 2.24) is 4.31 Å². The maximum absolute atomic E-state index is 13.1. The minimum Gasteiger partial charge on any atom is -0.462 e. The molecule has 0 fully saturated rings. The van der Waals surface area contributed by atoms with Crippen molar-refractivity contribution in [3.05, 3.63) is 41.1 Å². The summed E-state index contributed by atoms with van der Waals surface area (Å²) < 4.78 is 32.6. The Balaban J connectivity index is 2.53. The van der Waals surface area contributed by atoms with Gasteiger partial charge in [-0.3, -0.25) is 0 Å². The molecule has 0 spiro atoms. The monoisotopic (exact) mass is 384 g/mol. The van der Waals surface area contributed by atoms with Crippen LogP contribution in [0.3, 0.4) is 0 Å². The van der Waals surface area contributed by atoms with Crippen LogP contribution >= 0.6 is 11.6 Å². The molecule has 1 aromatic rings. The molecule has 0 amide bonds. The van der Waals surface area contributed by atoms with Crippen molar-refractivity contribution < 1.29 is 13.2 Å². The molecule has 0 saturated heterocycles. The van der Waals surface area contributed by atoms with Crippen LogP contribution in [0.5, 0.6) is 0 Å². The molecule has 0 saturated carbocycles. The third-order valence-corrected chi connectivity index (χ3v) is 5.63. The Kier molecular flexibility index (Phi) is 5.74. The third-order valence-electron chi connectivity index (χ3n) is 3.27. The zero-order valence-corrected chi connectivity index (χ0v) is 16.0. The summed E-state index contributed by atoms with van der Waals surface area (Å²) in [6, 6.07) is 5.54. The van der Waals surface area contributed by atoms with Crippen molar-refractivity contribution in [2.45, 2.75) is 44.7 Å². The van der Waals surface area contributed by atoms with Crippen LogP contribution in [-0.2, 0) is 14.8 Å². The summed E-state index contributed by atoms with van der Waals surface area (Å²) in [7, 11) is -3.98. The van der Waals surface area contributed by atoms with Crippen LogP contribution in [0.1, 0.15) is 27.7 Å². The van der Waals surface area contributed by atoms with Gasteiger partial charge in [-0.05, 0) is 45.9 Å².